The Hall–Kier alpha value is -6.03. The summed E-state index contributed by atoms with van der Waals surface area (Å²) in [5.41, 5.74) is 6.77. The van der Waals surface area contributed by atoms with Crippen LogP contribution in [0.25, 0.3) is 0 Å². The van der Waals surface area contributed by atoms with Gasteiger partial charge in [-0.1, -0.05) is 224 Å². The van der Waals surface area contributed by atoms with Gasteiger partial charge in [-0.25, -0.2) is 0 Å². The molecule has 390 valence electrons. The van der Waals surface area contributed by atoms with Crippen LogP contribution in [0.3, 0.4) is 0 Å². The minimum absolute atomic E-state index is 0.0832. The van der Waals surface area contributed by atoms with Crippen molar-refractivity contribution in [1.82, 2.24) is 0 Å². The van der Waals surface area contributed by atoms with Gasteiger partial charge in [0.25, 0.3) is 0 Å². The molecular weight excluding hydrogens is 968 g/mol. The summed E-state index contributed by atoms with van der Waals surface area (Å²) in [6.45, 7) is 1.73. The average molecular weight is 1030 g/mol. The topological polar surface area (TPSA) is 102 Å². The van der Waals surface area contributed by atoms with Crippen molar-refractivity contribution in [2.75, 3.05) is 20.3 Å². The van der Waals surface area contributed by atoms with E-state index < -0.39 is 55.3 Å². The van der Waals surface area contributed by atoms with E-state index in [0.717, 1.165) is 38.9 Å². The van der Waals surface area contributed by atoms with E-state index in [-0.39, 0.29) is 57.9 Å². The van der Waals surface area contributed by atoms with Gasteiger partial charge in [-0.3, -0.25) is 0 Å². The molecule has 0 unspecified atom stereocenters. The predicted molar refractivity (Wildman–Crippen MR) is 286 cm³/mol. The molecule has 0 saturated carbocycles. The third kappa shape index (κ3) is 15.8. The Morgan fingerprint density at radius 2 is 0.720 bits per heavy atom. The molecule has 2 aliphatic rings. The van der Waals surface area contributed by atoms with Gasteiger partial charge in [-0.15, -0.1) is 0 Å². The zero-order valence-corrected chi connectivity index (χ0v) is 42.9. The van der Waals surface area contributed by atoms with E-state index in [1.165, 1.54) is 0 Å². The number of hydrogen-bond acceptors (Lipinski definition) is 11. The third-order valence-corrected chi connectivity index (χ3v) is 13.3. The van der Waals surface area contributed by atoms with Crippen LogP contribution in [0.1, 0.15) is 38.9 Å². The molecule has 1 saturated heterocycles. The predicted octanol–water partition coefficient (Wildman–Crippen LogP) is 11.9. The van der Waals surface area contributed by atoms with Crippen molar-refractivity contribution >= 4 is 11.6 Å². The van der Waals surface area contributed by atoms with Crippen LogP contribution in [0.2, 0.25) is 0 Å². The van der Waals surface area contributed by atoms with Crippen molar-refractivity contribution in [3.05, 3.63) is 262 Å². The van der Waals surface area contributed by atoms with Crippen molar-refractivity contribution in [3.63, 3.8) is 0 Å². The maximum atomic E-state index is 7.68. The Kier molecular flexibility index (Phi) is 20.6. The number of rotatable bonds is 26. The highest BCUT2D eigenvalue weighted by Crippen LogP contribution is 2.37. The summed E-state index contributed by atoms with van der Waals surface area (Å²) in [6.07, 6.45) is -7.63. The van der Waals surface area contributed by atoms with Gasteiger partial charge in [0.2, 0.25) is 0 Å². The zero-order chi connectivity index (χ0) is 51.3. The summed E-state index contributed by atoms with van der Waals surface area (Å²) in [5.74, 6) is 0.305. The molecular formula is C63H65ClO11. The molecule has 9 atom stereocenters. The molecule has 0 bridgehead atoms. The molecule has 75 heavy (non-hydrogen) atoms. The molecule has 0 amide bonds. The first-order valence-electron chi connectivity index (χ1n) is 25.5. The SMILES string of the molecule is CO[C@H]1O[C@H](CO[C@H]2O[C@H](COCc3ccccc3)[C@@H](OCc3ccccc3)[C@H](OCc3ccccc3)C(OCc3ccccc3)=C2Cl)[C@@H](OCc2ccccc2)[C@H](OCc2ccccc2)[C@H]1OCc1ccccc1. The van der Waals surface area contributed by atoms with Crippen LogP contribution in [0.5, 0.6) is 0 Å². The fourth-order valence-corrected chi connectivity index (χ4v) is 9.31. The number of benzene rings is 7. The minimum atomic E-state index is -1.23. The Bertz CT molecular complexity index is 2710. The van der Waals surface area contributed by atoms with Crippen LogP contribution in [0.15, 0.2) is 223 Å². The average Bonchev–Trinajstić information content (AvgIpc) is 3.57. The quantitative estimate of drug-likeness (QED) is 0.0518. The highest BCUT2D eigenvalue weighted by Gasteiger charge is 2.50. The van der Waals surface area contributed by atoms with E-state index in [1.807, 2.05) is 212 Å². The molecule has 0 N–H and O–H groups in total. The zero-order valence-electron chi connectivity index (χ0n) is 42.1. The summed E-state index contributed by atoms with van der Waals surface area (Å²) in [7, 11) is 1.59. The standard InChI is InChI=1S/C63H65ClO11/c1-65-63-61(72-43-52-35-21-8-22-36-52)60(71-42-51-33-19-7-20-34-51)57(68-39-48-27-13-4-14-28-48)54(75-63)45-73-62-55(64)58(69-40-49-29-15-5-16-30-49)59(70-41-50-31-17-6-18-32-50)56(67-38-47-25-11-3-12-26-47)53(74-62)44-66-37-46-23-9-2-10-24-46/h2-36,53-54,56-57,59-63H,37-45H2,1H3/t53-,54-,56-,57-,59+,60+,61-,62+,63+/m1/s1. The van der Waals surface area contributed by atoms with Crippen molar-refractivity contribution in [2.24, 2.45) is 0 Å². The number of ether oxygens (including phenoxy) is 11. The molecule has 0 aromatic heterocycles. The summed E-state index contributed by atoms with van der Waals surface area (Å²) < 4.78 is 74.8. The van der Waals surface area contributed by atoms with Crippen LogP contribution in [0, 0.1) is 0 Å². The van der Waals surface area contributed by atoms with E-state index in [9.17, 15) is 0 Å². The monoisotopic (exact) mass is 1030 g/mol. The van der Waals surface area contributed by atoms with Gasteiger partial charge < -0.3 is 52.1 Å². The Labute approximate surface area is 445 Å². The molecule has 2 aliphatic heterocycles. The van der Waals surface area contributed by atoms with Crippen molar-refractivity contribution in [1.29, 1.82) is 0 Å². The molecule has 7 aromatic carbocycles. The molecule has 2 heterocycles. The number of hydrogen-bond donors (Lipinski definition) is 0. The van der Waals surface area contributed by atoms with Crippen LogP contribution in [-0.4, -0.2) is 75.6 Å². The van der Waals surface area contributed by atoms with E-state index in [1.54, 1.807) is 7.11 Å². The molecule has 1 fully saturated rings. The Morgan fingerprint density at radius 3 is 1.16 bits per heavy atom. The van der Waals surface area contributed by atoms with Gasteiger partial charge in [0.05, 0.1) is 52.9 Å². The summed E-state index contributed by atoms with van der Waals surface area (Å²) in [5, 5.41) is 0.143. The highest BCUT2D eigenvalue weighted by atomic mass is 35.5. The second-order valence-electron chi connectivity index (χ2n) is 18.4. The van der Waals surface area contributed by atoms with Gasteiger partial charge in [0.15, 0.2) is 12.6 Å². The molecule has 0 spiro atoms. The third-order valence-electron chi connectivity index (χ3n) is 12.9. The van der Waals surface area contributed by atoms with E-state index in [2.05, 4.69) is 0 Å². The summed E-state index contributed by atoms with van der Waals surface area (Å²) >= 11 is 7.68. The fourth-order valence-electron chi connectivity index (χ4n) is 9.04. The van der Waals surface area contributed by atoms with E-state index in [4.69, 9.17) is 63.7 Å². The smallest absolute Gasteiger partial charge is 0.198 e. The maximum Gasteiger partial charge on any atom is 0.198 e. The van der Waals surface area contributed by atoms with Crippen LogP contribution < -0.4 is 0 Å². The largest absolute Gasteiger partial charge is 0.489 e. The van der Waals surface area contributed by atoms with E-state index in [0.29, 0.717) is 12.4 Å². The molecule has 9 rings (SSSR count). The lowest BCUT2D eigenvalue weighted by Gasteiger charge is -2.45. The van der Waals surface area contributed by atoms with Gasteiger partial charge in [-0.05, 0) is 38.9 Å². The maximum absolute atomic E-state index is 7.68. The van der Waals surface area contributed by atoms with E-state index >= 15 is 0 Å². The van der Waals surface area contributed by atoms with Crippen LogP contribution in [-0.2, 0) is 98.4 Å². The first-order valence-corrected chi connectivity index (χ1v) is 25.9. The van der Waals surface area contributed by atoms with Crippen molar-refractivity contribution in [3.8, 4) is 0 Å². The number of methoxy groups -OCH3 is 1. The van der Waals surface area contributed by atoms with Crippen molar-refractivity contribution < 1.29 is 52.1 Å². The van der Waals surface area contributed by atoms with Gasteiger partial charge in [-0.2, -0.15) is 0 Å². The molecule has 0 radical (unpaired) electrons. The lowest BCUT2D eigenvalue weighted by atomic mass is 9.97. The highest BCUT2D eigenvalue weighted by molar-refractivity contribution is 6.30. The van der Waals surface area contributed by atoms with Crippen molar-refractivity contribution in [2.45, 2.75) is 102 Å². The lowest BCUT2D eigenvalue weighted by Crippen LogP contribution is -2.61. The summed E-state index contributed by atoms with van der Waals surface area (Å²) in [4.78, 5) is 0. The molecule has 12 heteroatoms. The molecule has 11 nitrogen and oxygen atoms in total. The van der Waals surface area contributed by atoms with Gasteiger partial charge in [0.1, 0.15) is 60.1 Å². The van der Waals surface area contributed by atoms with Crippen LogP contribution >= 0.6 is 11.6 Å². The first kappa shape index (κ1) is 53.8. The van der Waals surface area contributed by atoms with Gasteiger partial charge in [0, 0.05) is 7.11 Å². The Morgan fingerprint density at radius 1 is 0.360 bits per heavy atom. The normalized spacial score (nSPS) is 22.9. The molecule has 7 aromatic rings. The lowest BCUT2D eigenvalue weighted by molar-refractivity contribution is -0.327. The second-order valence-corrected chi connectivity index (χ2v) is 18.8. The van der Waals surface area contributed by atoms with Crippen LogP contribution in [0.4, 0.5) is 0 Å². The molecule has 0 aliphatic carbocycles. The summed E-state index contributed by atoms with van der Waals surface area (Å²) in [6, 6.07) is 69.7. The second kappa shape index (κ2) is 28.8. The Balaban J connectivity index is 1.07. The minimum Gasteiger partial charge on any atom is -0.489 e. The first-order chi connectivity index (χ1) is 37.1. The number of halogens is 1. The fraction of sp³-hybridized carbons (Fsp3) is 0.302. The van der Waals surface area contributed by atoms with Gasteiger partial charge >= 0.3 is 0 Å².